The van der Waals surface area contributed by atoms with Gasteiger partial charge < -0.3 is 13.8 Å². The van der Waals surface area contributed by atoms with Crippen LogP contribution in [0.5, 0.6) is 0 Å². The van der Waals surface area contributed by atoms with Crippen LogP contribution in [0.4, 0.5) is 0 Å². The maximum absolute atomic E-state index is 12.1. The van der Waals surface area contributed by atoms with Crippen LogP contribution < -0.4 is 0 Å². The Bertz CT molecular complexity index is 347. The molecule has 0 radical (unpaired) electrons. The zero-order chi connectivity index (χ0) is 14.3. The smallest absolute Gasteiger partial charge is 0.337 e. The van der Waals surface area contributed by atoms with Gasteiger partial charge in [0.25, 0.3) is 0 Å². The fraction of sp³-hybridized carbons (Fsp3) is 0.727. The van der Waals surface area contributed by atoms with Crippen molar-refractivity contribution in [3.05, 3.63) is 9.66 Å². The first kappa shape index (κ1) is 18.2. The summed E-state index contributed by atoms with van der Waals surface area (Å²) in [4.78, 5) is 12.1. The summed E-state index contributed by atoms with van der Waals surface area (Å²) >= 11 is 2.09. The molecule has 0 heterocycles. The minimum absolute atomic E-state index is 0.202. The van der Waals surface area contributed by atoms with Crippen molar-refractivity contribution in [2.45, 2.75) is 20.0 Å². The second-order valence-electron chi connectivity index (χ2n) is 3.90. The van der Waals surface area contributed by atoms with E-state index in [2.05, 4.69) is 22.6 Å². The Kier molecular flexibility index (Phi) is 8.54. The summed E-state index contributed by atoms with van der Waals surface area (Å²) in [6.45, 7) is 3.63. The number of carbonyl (C=O) groups is 1. The molecule has 0 aliphatic heterocycles. The van der Waals surface area contributed by atoms with E-state index in [1.165, 1.54) is 14.2 Å². The molecule has 0 saturated carbocycles. The lowest BCUT2D eigenvalue weighted by molar-refractivity contribution is -0.123. The van der Waals surface area contributed by atoms with Crippen LogP contribution in [0.25, 0.3) is 0 Å². The fourth-order valence-electron chi connectivity index (χ4n) is 1.55. The largest absolute Gasteiger partial charge is 0.376 e. The normalized spacial score (nSPS) is 16.4. The Morgan fingerprint density at radius 3 is 2.17 bits per heavy atom. The van der Waals surface area contributed by atoms with Gasteiger partial charge in [0.2, 0.25) is 0 Å². The maximum Gasteiger partial charge on any atom is 0.337 e. The van der Waals surface area contributed by atoms with Gasteiger partial charge in [0, 0.05) is 27.2 Å². The Morgan fingerprint density at radius 2 is 1.83 bits per heavy atom. The minimum Gasteiger partial charge on any atom is -0.376 e. The number of methoxy groups -OCH3 is 1. The lowest BCUT2D eigenvalue weighted by atomic mass is 9.96. The second kappa shape index (κ2) is 8.43. The average molecular weight is 390 g/mol. The number of hydrogen-bond donors (Lipinski definition) is 0. The van der Waals surface area contributed by atoms with Crippen molar-refractivity contribution >= 4 is 36.0 Å². The molecular weight excluding hydrogens is 370 g/mol. The summed E-state index contributed by atoms with van der Waals surface area (Å²) in [5, 5.41) is 0. The summed E-state index contributed by atoms with van der Waals surface area (Å²) in [6, 6.07) is 0. The van der Waals surface area contributed by atoms with Gasteiger partial charge in [0.05, 0.1) is 6.10 Å². The lowest BCUT2D eigenvalue weighted by Gasteiger charge is -2.23. The number of halogens is 1. The zero-order valence-corrected chi connectivity index (χ0v) is 14.4. The number of carbonyl (C=O) groups excluding carboxylic acids is 1. The van der Waals surface area contributed by atoms with E-state index in [1.807, 2.05) is 11.0 Å². The van der Waals surface area contributed by atoms with Gasteiger partial charge in [-0.1, -0.05) is 29.5 Å². The van der Waals surface area contributed by atoms with E-state index in [4.69, 9.17) is 13.8 Å². The number of rotatable bonds is 8. The van der Waals surface area contributed by atoms with Crippen molar-refractivity contribution in [3.63, 3.8) is 0 Å². The topological polar surface area (TPSA) is 61.8 Å². The molecule has 0 aromatic heterocycles. The quantitative estimate of drug-likeness (QED) is 0.471. The number of hydrogen-bond acceptors (Lipinski definition) is 5. The van der Waals surface area contributed by atoms with Gasteiger partial charge in [-0.25, -0.2) is 0 Å². The molecule has 0 spiro atoms. The zero-order valence-electron chi connectivity index (χ0n) is 11.3. The van der Waals surface area contributed by atoms with Crippen LogP contribution in [-0.4, -0.2) is 39.4 Å². The first-order valence-corrected chi connectivity index (χ1v) is 8.35. The molecule has 18 heavy (non-hydrogen) atoms. The van der Waals surface area contributed by atoms with Crippen LogP contribution in [0.2, 0.25) is 0 Å². The monoisotopic (exact) mass is 390 g/mol. The van der Waals surface area contributed by atoms with Gasteiger partial charge in [-0.2, -0.15) is 0 Å². The van der Waals surface area contributed by atoms with E-state index < -0.39 is 13.5 Å². The molecule has 2 atom stereocenters. The molecule has 106 valence electrons. The van der Waals surface area contributed by atoms with Crippen molar-refractivity contribution < 1.29 is 23.1 Å². The van der Waals surface area contributed by atoms with Gasteiger partial charge in [-0.05, 0) is 16.6 Å². The highest BCUT2D eigenvalue weighted by molar-refractivity contribution is 14.1. The van der Waals surface area contributed by atoms with Crippen LogP contribution in [0.1, 0.15) is 13.8 Å². The third kappa shape index (κ3) is 5.09. The Labute approximate surface area is 122 Å². The molecule has 0 aliphatic rings. The molecule has 0 fully saturated rings. The Hall–Kier alpha value is 0.250. The third-order valence-electron chi connectivity index (χ3n) is 2.74. The molecule has 7 heteroatoms. The lowest BCUT2D eigenvalue weighted by Crippen LogP contribution is -2.30. The van der Waals surface area contributed by atoms with Crippen LogP contribution in [0.3, 0.4) is 0 Å². The van der Waals surface area contributed by atoms with Gasteiger partial charge >= 0.3 is 7.60 Å². The molecule has 0 aromatic carbocycles. The second-order valence-corrected chi connectivity index (χ2v) is 6.79. The number of Topliss-reactive ketones (excluding diaryl/α,β-unsaturated/α-hetero) is 1. The van der Waals surface area contributed by atoms with E-state index in [0.717, 1.165) is 5.57 Å². The van der Waals surface area contributed by atoms with Crippen LogP contribution in [0, 0.1) is 5.92 Å². The Balaban J connectivity index is 4.84. The SMILES string of the molecule is CO[C@H](/C(C)=C/I)[C@@H](C)C(=O)CP(=O)(OC)OC. The first-order valence-electron chi connectivity index (χ1n) is 5.38. The molecule has 0 bridgehead atoms. The molecule has 0 saturated heterocycles. The van der Waals surface area contributed by atoms with Crippen molar-refractivity contribution in [1.82, 2.24) is 0 Å². The molecule has 5 nitrogen and oxygen atoms in total. The van der Waals surface area contributed by atoms with Crippen LogP contribution >= 0.6 is 30.2 Å². The van der Waals surface area contributed by atoms with Crippen LogP contribution in [0.15, 0.2) is 9.66 Å². The Morgan fingerprint density at radius 1 is 1.33 bits per heavy atom. The summed E-state index contributed by atoms with van der Waals surface area (Å²) in [5.41, 5.74) is 0.948. The number of ether oxygens (including phenoxy) is 1. The highest BCUT2D eigenvalue weighted by Crippen LogP contribution is 2.46. The van der Waals surface area contributed by atoms with Gasteiger partial charge in [0.15, 0.2) is 5.78 Å². The highest BCUT2D eigenvalue weighted by atomic mass is 127. The predicted octanol–water partition coefficient (Wildman–Crippen LogP) is 3.03. The van der Waals surface area contributed by atoms with E-state index >= 15 is 0 Å². The molecule has 0 N–H and O–H groups in total. The van der Waals surface area contributed by atoms with Gasteiger partial charge in [-0.3, -0.25) is 9.36 Å². The molecule has 0 amide bonds. The molecular formula is C11H20IO5P. The average Bonchev–Trinajstić information content (AvgIpc) is 2.38. The number of ketones is 1. The molecule has 0 aromatic rings. The fourth-order valence-corrected chi connectivity index (χ4v) is 2.99. The van der Waals surface area contributed by atoms with Crippen molar-refractivity contribution in [3.8, 4) is 0 Å². The summed E-state index contributed by atoms with van der Waals surface area (Å²) in [7, 11) is 0.779. The van der Waals surface area contributed by atoms with E-state index in [9.17, 15) is 9.36 Å². The molecule has 0 rings (SSSR count). The van der Waals surface area contributed by atoms with E-state index in [1.54, 1.807) is 14.0 Å². The standard InChI is InChI=1S/C11H20IO5P/c1-8(6-12)11(15-3)9(2)10(13)7-18(14,16-4)17-5/h6,9,11H,7H2,1-5H3/b8-6+/t9-,11+/m0/s1. The first-order chi connectivity index (χ1) is 8.35. The maximum atomic E-state index is 12.1. The van der Waals surface area contributed by atoms with Gasteiger partial charge in [-0.15, -0.1) is 0 Å². The molecule has 0 aliphatic carbocycles. The third-order valence-corrected chi connectivity index (χ3v) is 5.54. The minimum atomic E-state index is -3.31. The van der Waals surface area contributed by atoms with Crippen molar-refractivity contribution in [2.24, 2.45) is 5.92 Å². The molecule has 0 unspecified atom stereocenters. The summed E-state index contributed by atoms with van der Waals surface area (Å²) < 4.78 is 28.6. The van der Waals surface area contributed by atoms with E-state index in [0.29, 0.717) is 0 Å². The van der Waals surface area contributed by atoms with E-state index in [-0.39, 0.29) is 18.0 Å². The van der Waals surface area contributed by atoms with Crippen LogP contribution in [-0.2, 0) is 23.1 Å². The summed E-state index contributed by atoms with van der Waals surface area (Å²) in [6.07, 6.45) is -0.563. The van der Waals surface area contributed by atoms with Crippen molar-refractivity contribution in [2.75, 3.05) is 27.5 Å². The summed E-state index contributed by atoms with van der Waals surface area (Å²) in [5.74, 6) is -0.605. The highest BCUT2D eigenvalue weighted by Gasteiger charge is 2.32. The van der Waals surface area contributed by atoms with Gasteiger partial charge in [0.1, 0.15) is 6.16 Å². The predicted molar refractivity (Wildman–Crippen MR) is 79.2 cm³/mol. The van der Waals surface area contributed by atoms with Crippen molar-refractivity contribution in [1.29, 1.82) is 0 Å².